The molecule has 1 aliphatic rings. The van der Waals surface area contributed by atoms with E-state index < -0.39 is 0 Å². The van der Waals surface area contributed by atoms with Gasteiger partial charge in [0.1, 0.15) is 4.32 Å². The molecular weight excluding hydrogens is 374 g/mol. The standard InChI is InChI=1S/C14H8BrNOS3/c15-10-4-2-1-3-9(10)11-6-5-8(19-11)7-12-13(17)16-14(18)20-12/h1-7H,(H,16,17,18). The van der Waals surface area contributed by atoms with Gasteiger partial charge < -0.3 is 5.32 Å². The molecule has 3 rings (SSSR count). The molecule has 1 N–H and O–H groups in total. The van der Waals surface area contributed by atoms with Crippen LogP contribution in [0.5, 0.6) is 0 Å². The van der Waals surface area contributed by atoms with Gasteiger partial charge in [-0.15, -0.1) is 11.3 Å². The lowest BCUT2D eigenvalue weighted by molar-refractivity contribution is -0.115. The summed E-state index contributed by atoms with van der Waals surface area (Å²) in [5.41, 5.74) is 1.15. The van der Waals surface area contributed by atoms with Gasteiger partial charge in [-0.2, -0.15) is 0 Å². The van der Waals surface area contributed by atoms with Crippen molar-refractivity contribution in [1.82, 2.24) is 5.32 Å². The van der Waals surface area contributed by atoms with Crippen LogP contribution in [0.2, 0.25) is 0 Å². The summed E-state index contributed by atoms with van der Waals surface area (Å²) in [6.07, 6.45) is 1.88. The number of benzene rings is 1. The Bertz CT molecular complexity index is 736. The van der Waals surface area contributed by atoms with Gasteiger partial charge in [0.25, 0.3) is 5.91 Å². The van der Waals surface area contributed by atoms with Crippen molar-refractivity contribution in [3.8, 4) is 10.4 Å². The van der Waals surface area contributed by atoms with Crippen LogP contribution in [0.15, 0.2) is 45.8 Å². The van der Waals surface area contributed by atoms with Crippen LogP contribution in [0.3, 0.4) is 0 Å². The van der Waals surface area contributed by atoms with Crippen LogP contribution >= 0.6 is 51.2 Å². The Morgan fingerprint density at radius 1 is 1.20 bits per heavy atom. The summed E-state index contributed by atoms with van der Waals surface area (Å²) in [5.74, 6) is -0.115. The van der Waals surface area contributed by atoms with Gasteiger partial charge >= 0.3 is 0 Å². The molecule has 100 valence electrons. The highest BCUT2D eigenvalue weighted by Gasteiger charge is 2.22. The van der Waals surface area contributed by atoms with Gasteiger partial charge in [0, 0.05) is 19.8 Å². The molecule has 0 spiro atoms. The molecule has 0 radical (unpaired) electrons. The molecule has 1 fully saturated rings. The fraction of sp³-hybridized carbons (Fsp3) is 0. The Morgan fingerprint density at radius 2 is 2.00 bits per heavy atom. The van der Waals surface area contributed by atoms with Gasteiger partial charge in [0.2, 0.25) is 0 Å². The van der Waals surface area contributed by atoms with Crippen LogP contribution in [-0.4, -0.2) is 10.2 Å². The molecule has 20 heavy (non-hydrogen) atoms. The number of thioether (sulfide) groups is 1. The highest BCUT2D eigenvalue weighted by atomic mass is 79.9. The third-order valence-corrected chi connectivity index (χ3v) is 5.60. The highest BCUT2D eigenvalue weighted by molar-refractivity contribution is 9.10. The first-order valence-corrected chi connectivity index (χ1v) is 8.56. The Balaban J connectivity index is 1.92. The SMILES string of the molecule is O=C1NC(=S)SC1=Cc1ccc(-c2ccccc2Br)s1. The third kappa shape index (κ3) is 2.88. The summed E-state index contributed by atoms with van der Waals surface area (Å²) in [7, 11) is 0. The predicted octanol–water partition coefficient (Wildman–Crippen LogP) is 4.67. The van der Waals surface area contributed by atoms with E-state index in [2.05, 4.69) is 33.4 Å². The topological polar surface area (TPSA) is 29.1 Å². The van der Waals surface area contributed by atoms with Gasteiger partial charge in [0.15, 0.2) is 0 Å². The van der Waals surface area contributed by atoms with Crippen molar-refractivity contribution in [3.63, 3.8) is 0 Å². The maximum Gasteiger partial charge on any atom is 0.263 e. The molecule has 6 heteroatoms. The summed E-state index contributed by atoms with van der Waals surface area (Å²) in [4.78, 5) is 14.5. The van der Waals surface area contributed by atoms with E-state index >= 15 is 0 Å². The number of carbonyl (C=O) groups is 1. The van der Waals surface area contributed by atoms with Gasteiger partial charge in [-0.1, -0.05) is 58.1 Å². The van der Waals surface area contributed by atoms with Crippen LogP contribution in [0, 0.1) is 0 Å². The number of carbonyl (C=O) groups excluding carboxylic acids is 1. The molecule has 0 unspecified atom stereocenters. The van der Waals surface area contributed by atoms with Crippen molar-refractivity contribution < 1.29 is 4.79 Å². The zero-order valence-corrected chi connectivity index (χ0v) is 14.1. The molecule has 2 nitrogen and oxygen atoms in total. The van der Waals surface area contributed by atoms with Crippen LogP contribution in [0.1, 0.15) is 4.88 Å². The van der Waals surface area contributed by atoms with Crippen molar-refractivity contribution in [2.24, 2.45) is 0 Å². The molecule has 1 aliphatic heterocycles. The first-order valence-electron chi connectivity index (χ1n) is 5.73. The number of nitrogens with one attached hydrogen (secondary N) is 1. The van der Waals surface area contributed by atoms with E-state index in [-0.39, 0.29) is 5.91 Å². The second-order valence-electron chi connectivity index (χ2n) is 4.03. The number of amides is 1. The minimum Gasteiger partial charge on any atom is -0.307 e. The molecule has 0 bridgehead atoms. The highest BCUT2D eigenvalue weighted by Crippen LogP contribution is 2.35. The van der Waals surface area contributed by atoms with E-state index in [0.717, 1.165) is 19.8 Å². The quantitative estimate of drug-likeness (QED) is 0.605. The van der Waals surface area contributed by atoms with Crippen molar-refractivity contribution in [3.05, 3.63) is 50.7 Å². The smallest absolute Gasteiger partial charge is 0.263 e. The molecule has 2 aromatic rings. The zero-order valence-electron chi connectivity index (χ0n) is 10.1. The van der Waals surface area contributed by atoms with Crippen LogP contribution < -0.4 is 5.32 Å². The van der Waals surface area contributed by atoms with E-state index in [9.17, 15) is 4.79 Å². The number of hydrogen-bond donors (Lipinski definition) is 1. The molecule has 1 aromatic carbocycles. The third-order valence-electron chi connectivity index (χ3n) is 2.68. The Hall–Kier alpha value is -0.950. The molecule has 2 heterocycles. The fourth-order valence-electron chi connectivity index (χ4n) is 1.79. The lowest BCUT2D eigenvalue weighted by Crippen LogP contribution is -2.17. The average molecular weight is 382 g/mol. The molecule has 0 saturated carbocycles. The molecule has 1 saturated heterocycles. The average Bonchev–Trinajstić information content (AvgIpc) is 2.98. The Labute approximate surface area is 138 Å². The normalized spacial score (nSPS) is 16.8. The van der Waals surface area contributed by atoms with Crippen LogP contribution in [0.25, 0.3) is 16.5 Å². The second-order valence-corrected chi connectivity index (χ2v) is 7.72. The van der Waals surface area contributed by atoms with Gasteiger partial charge in [-0.05, 0) is 24.3 Å². The monoisotopic (exact) mass is 381 g/mol. The Morgan fingerprint density at radius 3 is 2.70 bits per heavy atom. The Kier molecular flexibility index (Phi) is 4.07. The second kappa shape index (κ2) is 5.81. The number of rotatable bonds is 2. The first-order chi connectivity index (χ1) is 9.63. The predicted molar refractivity (Wildman–Crippen MR) is 93.8 cm³/mol. The summed E-state index contributed by atoms with van der Waals surface area (Å²) in [6.45, 7) is 0. The largest absolute Gasteiger partial charge is 0.307 e. The maximum atomic E-state index is 11.6. The minimum atomic E-state index is -0.115. The van der Waals surface area contributed by atoms with Crippen LogP contribution in [0.4, 0.5) is 0 Å². The number of hydrogen-bond acceptors (Lipinski definition) is 4. The number of thiophene rings is 1. The van der Waals surface area contributed by atoms with Crippen molar-refractivity contribution in [1.29, 1.82) is 0 Å². The summed E-state index contributed by atoms with van der Waals surface area (Å²) in [6, 6.07) is 12.2. The van der Waals surface area contributed by atoms with E-state index in [4.69, 9.17) is 12.2 Å². The first kappa shape index (κ1) is 14.0. The molecular formula is C14H8BrNOS3. The molecule has 0 atom stereocenters. The lowest BCUT2D eigenvalue weighted by Gasteiger charge is -1.99. The molecule has 0 aliphatic carbocycles. The van der Waals surface area contributed by atoms with Crippen molar-refractivity contribution in [2.45, 2.75) is 0 Å². The van der Waals surface area contributed by atoms with Crippen molar-refractivity contribution in [2.75, 3.05) is 0 Å². The molecule has 1 amide bonds. The zero-order chi connectivity index (χ0) is 14.1. The van der Waals surface area contributed by atoms with E-state index in [1.54, 1.807) is 11.3 Å². The van der Waals surface area contributed by atoms with Crippen LogP contribution in [-0.2, 0) is 4.79 Å². The van der Waals surface area contributed by atoms with E-state index in [1.165, 1.54) is 11.8 Å². The van der Waals surface area contributed by atoms with E-state index in [1.807, 2.05) is 30.3 Å². The maximum absolute atomic E-state index is 11.6. The minimum absolute atomic E-state index is 0.115. The summed E-state index contributed by atoms with van der Waals surface area (Å²) >= 11 is 11.5. The van der Waals surface area contributed by atoms with Gasteiger partial charge in [0.05, 0.1) is 4.91 Å². The number of halogens is 1. The van der Waals surface area contributed by atoms with Crippen molar-refractivity contribution >= 4 is 67.6 Å². The lowest BCUT2D eigenvalue weighted by atomic mass is 10.2. The molecule has 1 aromatic heterocycles. The van der Waals surface area contributed by atoms with E-state index in [0.29, 0.717) is 9.23 Å². The van der Waals surface area contributed by atoms with Gasteiger partial charge in [-0.3, -0.25) is 4.79 Å². The van der Waals surface area contributed by atoms with Gasteiger partial charge in [-0.25, -0.2) is 0 Å². The summed E-state index contributed by atoms with van der Waals surface area (Å²) < 4.78 is 1.58. The number of thiocarbonyl (C=S) groups is 1. The fourth-order valence-corrected chi connectivity index (χ4v) is 4.52. The summed E-state index contributed by atoms with van der Waals surface area (Å²) in [5, 5.41) is 2.62.